The Hall–Kier alpha value is -2.80. The number of hydrogen-bond donors (Lipinski definition) is 2. The van der Waals surface area contributed by atoms with Crippen LogP contribution in [0.4, 0.5) is 17.1 Å². The molecule has 24 heavy (non-hydrogen) atoms. The van der Waals surface area contributed by atoms with E-state index in [4.69, 9.17) is 16.3 Å². The zero-order valence-corrected chi connectivity index (χ0v) is 13.7. The fraction of sp³-hybridized carbons (Fsp3) is 0.188. The first-order valence-electron chi connectivity index (χ1n) is 7.11. The number of nitro groups is 1. The van der Waals surface area contributed by atoms with Crippen molar-refractivity contribution in [2.24, 2.45) is 0 Å². The first-order valence-corrected chi connectivity index (χ1v) is 7.49. The second kappa shape index (κ2) is 8.16. The Bertz CT molecular complexity index is 752. The topological polar surface area (TPSA) is 93.5 Å². The number of carbonyl (C=O) groups is 1. The van der Waals surface area contributed by atoms with Crippen LogP contribution in [-0.4, -0.2) is 24.5 Å². The zero-order valence-electron chi connectivity index (χ0n) is 12.9. The van der Waals surface area contributed by atoms with Gasteiger partial charge in [0.05, 0.1) is 17.7 Å². The monoisotopic (exact) mass is 349 g/mol. The average Bonchev–Trinajstić information content (AvgIpc) is 2.55. The lowest BCUT2D eigenvalue weighted by molar-refractivity contribution is -0.384. The third kappa shape index (κ3) is 4.85. The van der Waals surface area contributed by atoms with Crippen LogP contribution in [0.15, 0.2) is 42.5 Å². The van der Waals surface area contributed by atoms with Crippen molar-refractivity contribution >= 4 is 34.6 Å². The number of nitro benzene ring substituents is 1. The summed E-state index contributed by atoms with van der Waals surface area (Å²) in [5, 5.41) is 17.0. The van der Waals surface area contributed by atoms with E-state index in [0.29, 0.717) is 28.7 Å². The molecule has 8 heteroatoms. The molecule has 0 aliphatic heterocycles. The molecule has 0 atom stereocenters. The highest BCUT2D eigenvalue weighted by Gasteiger charge is 2.09. The maximum absolute atomic E-state index is 11.9. The predicted molar refractivity (Wildman–Crippen MR) is 92.8 cm³/mol. The van der Waals surface area contributed by atoms with Gasteiger partial charge in [0, 0.05) is 35.8 Å². The van der Waals surface area contributed by atoms with Crippen molar-refractivity contribution in [1.82, 2.24) is 0 Å². The summed E-state index contributed by atoms with van der Waals surface area (Å²) < 4.78 is 5.20. The number of hydrogen-bond acceptors (Lipinski definition) is 5. The van der Waals surface area contributed by atoms with Gasteiger partial charge in [-0.15, -0.1) is 0 Å². The minimum Gasteiger partial charge on any atom is -0.495 e. The standard InChI is InChI=1S/C16H16ClN3O4/c1-24-15-6-5-11(17)9-14(15)18-8-7-16(21)19-12-3-2-4-13(10-12)20(22)23/h2-6,9-10,18H,7-8H2,1H3,(H,19,21). The van der Waals surface area contributed by atoms with E-state index in [1.807, 2.05) is 0 Å². The smallest absolute Gasteiger partial charge is 0.271 e. The molecule has 0 unspecified atom stereocenters. The molecule has 0 fully saturated rings. The number of halogens is 1. The fourth-order valence-electron chi connectivity index (χ4n) is 2.05. The van der Waals surface area contributed by atoms with Gasteiger partial charge in [-0.2, -0.15) is 0 Å². The van der Waals surface area contributed by atoms with Gasteiger partial charge in [0.25, 0.3) is 5.69 Å². The van der Waals surface area contributed by atoms with Crippen molar-refractivity contribution in [1.29, 1.82) is 0 Å². The molecule has 126 valence electrons. The number of anilines is 2. The molecule has 2 aromatic rings. The van der Waals surface area contributed by atoms with Crippen molar-refractivity contribution in [3.63, 3.8) is 0 Å². The zero-order chi connectivity index (χ0) is 17.5. The van der Waals surface area contributed by atoms with E-state index in [2.05, 4.69) is 10.6 Å². The normalized spacial score (nSPS) is 10.1. The minimum atomic E-state index is -0.511. The van der Waals surface area contributed by atoms with Crippen LogP contribution in [0.5, 0.6) is 5.75 Å². The van der Waals surface area contributed by atoms with E-state index >= 15 is 0 Å². The van der Waals surface area contributed by atoms with Gasteiger partial charge in [-0.25, -0.2) is 0 Å². The van der Waals surface area contributed by atoms with Crippen molar-refractivity contribution in [3.8, 4) is 5.75 Å². The maximum Gasteiger partial charge on any atom is 0.271 e. The fourth-order valence-corrected chi connectivity index (χ4v) is 2.22. The molecule has 0 saturated carbocycles. The van der Waals surface area contributed by atoms with E-state index < -0.39 is 4.92 Å². The van der Waals surface area contributed by atoms with E-state index in [-0.39, 0.29) is 18.0 Å². The number of non-ortho nitro benzene ring substituents is 1. The molecular formula is C16H16ClN3O4. The number of methoxy groups -OCH3 is 1. The summed E-state index contributed by atoms with van der Waals surface area (Å²) in [4.78, 5) is 22.1. The summed E-state index contributed by atoms with van der Waals surface area (Å²) in [6, 6.07) is 10.9. The Morgan fingerprint density at radius 2 is 2.08 bits per heavy atom. The Morgan fingerprint density at radius 3 is 2.79 bits per heavy atom. The van der Waals surface area contributed by atoms with Gasteiger partial charge in [0.15, 0.2) is 0 Å². The second-order valence-corrected chi connectivity index (χ2v) is 5.31. The lowest BCUT2D eigenvalue weighted by Gasteiger charge is -2.11. The number of carbonyl (C=O) groups excluding carboxylic acids is 1. The van der Waals surface area contributed by atoms with Crippen LogP contribution >= 0.6 is 11.6 Å². The Labute approximate surface area is 143 Å². The number of rotatable bonds is 7. The summed E-state index contributed by atoms with van der Waals surface area (Å²) in [6.45, 7) is 0.359. The minimum absolute atomic E-state index is 0.0745. The Morgan fingerprint density at radius 1 is 1.29 bits per heavy atom. The van der Waals surface area contributed by atoms with Crippen LogP contribution in [0.25, 0.3) is 0 Å². The van der Waals surface area contributed by atoms with Gasteiger partial charge in [0.2, 0.25) is 5.91 Å². The van der Waals surface area contributed by atoms with E-state index in [1.54, 1.807) is 31.4 Å². The predicted octanol–water partition coefficient (Wildman–Crippen LogP) is 3.70. The summed E-state index contributed by atoms with van der Waals surface area (Å²) >= 11 is 5.93. The molecule has 2 N–H and O–H groups in total. The molecule has 0 saturated heterocycles. The average molecular weight is 350 g/mol. The quantitative estimate of drug-likeness (QED) is 0.587. The molecule has 0 heterocycles. The third-order valence-electron chi connectivity index (χ3n) is 3.17. The van der Waals surface area contributed by atoms with Gasteiger partial charge < -0.3 is 15.4 Å². The summed E-state index contributed by atoms with van der Waals surface area (Å²) in [7, 11) is 1.55. The highest BCUT2D eigenvalue weighted by Crippen LogP contribution is 2.27. The van der Waals surface area contributed by atoms with Gasteiger partial charge in [-0.1, -0.05) is 17.7 Å². The van der Waals surface area contributed by atoms with Crippen molar-refractivity contribution in [2.75, 3.05) is 24.3 Å². The van der Waals surface area contributed by atoms with Crippen LogP contribution in [0.3, 0.4) is 0 Å². The molecule has 2 rings (SSSR count). The van der Waals surface area contributed by atoms with E-state index in [1.165, 1.54) is 18.2 Å². The van der Waals surface area contributed by atoms with Crippen LogP contribution in [0.1, 0.15) is 6.42 Å². The number of ether oxygens (including phenoxy) is 1. The van der Waals surface area contributed by atoms with Crippen LogP contribution < -0.4 is 15.4 Å². The van der Waals surface area contributed by atoms with E-state index in [9.17, 15) is 14.9 Å². The van der Waals surface area contributed by atoms with Gasteiger partial charge in [-0.05, 0) is 24.3 Å². The second-order valence-electron chi connectivity index (χ2n) is 4.88. The molecule has 0 aromatic heterocycles. The van der Waals surface area contributed by atoms with Crippen LogP contribution in [0.2, 0.25) is 5.02 Å². The van der Waals surface area contributed by atoms with E-state index in [0.717, 1.165) is 0 Å². The number of amides is 1. The molecule has 0 aliphatic carbocycles. The lowest BCUT2D eigenvalue weighted by atomic mass is 10.2. The van der Waals surface area contributed by atoms with Crippen molar-refractivity contribution in [2.45, 2.75) is 6.42 Å². The number of nitrogens with one attached hydrogen (secondary N) is 2. The molecule has 0 radical (unpaired) electrons. The Balaban J connectivity index is 1.89. The maximum atomic E-state index is 11.9. The van der Waals surface area contributed by atoms with Gasteiger partial charge in [0.1, 0.15) is 5.75 Å². The SMILES string of the molecule is COc1ccc(Cl)cc1NCCC(=O)Nc1cccc([N+](=O)[O-])c1. The Kier molecular flexibility index (Phi) is 5.97. The largest absolute Gasteiger partial charge is 0.495 e. The number of nitrogens with zero attached hydrogens (tertiary/aromatic N) is 1. The van der Waals surface area contributed by atoms with Crippen molar-refractivity contribution < 1.29 is 14.5 Å². The molecule has 7 nitrogen and oxygen atoms in total. The molecule has 0 aliphatic rings. The highest BCUT2D eigenvalue weighted by molar-refractivity contribution is 6.30. The molecular weight excluding hydrogens is 334 g/mol. The molecule has 2 aromatic carbocycles. The molecule has 0 bridgehead atoms. The third-order valence-corrected chi connectivity index (χ3v) is 3.40. The molecule has 1 amide bonds. The molecule has 0 spiro atoms. The summed E-state index contributed by atoms with van der Waals surface area (Å²) in [6.07, 6.45) is 0.179. The number of benzene rings is 2. The van der Waals surface area contributed by atoms with Crippen molar-refractivity contribution in [3.05, 3.63) is 57.6 Å². The van der Waals surface area contributed by atoms with Crippen LogP contribution in [-0.2, 0) is 4.79 Å². The van der Waals surface area contributed by atoms with Gasteiger partial charge >= 0.3 is 0 Å². The summed E-state index contributed by atoms with van der Waals surface area (Å²) in [5.41, 5.74) is 0.997. The van der Waals surface area contributed by atoms with Crippen LogP contribution in [0, 0.1) is 10.1 Å². The first kappa shape index (κ1) is 17.6. The lowest BCUT2D eigenvalue weighted by Crippen LogP contribution is -2.16. The van der Waals surface area contributed by atoms with Gasteiger partial charge in [-0.3, -0.25) is 14.9 Å². The highest BCUT2D eigenvalue weighted by atomic mass is 35.5. The first-order chi connectivity index (χ1) is 11.5. The summed E-state index contributed by atoms with van der Waals surface area (Å²) in [5.74, 6) is 0.363.